The van der Waals surface area contributed by atoms with Crippen molar-refractivity contribution in [3.05, 3.63) is 58.3 Å². The largest absolute Gasteiger partial charge is 0.326 e. The second-order valence-corrected chi connectivity index (χ2v) is 6.34. The molecule has 0 saturated carbocycles. The molecular weight excluding hydrogens is 354 g/mol. The Balaban J connectivity index is 1.74. The molecule has 1 fully saturated rings. The summed E-state index contributed by atoms with van der Waals surface area (Å²) in [4.78, 5) is 26.0. The summed E-state index contributed by atoms with van der Waals surface area (Å²) in [5, 5.41) is 3.47. The van der Waals surface area contributed by atoms with Crippen LogP contribution in [0.15, 0.2) is 42.5 Å². The highest BCUT2D eigenvalue weighted by atomic mass is 35.5. The second kappa shape index (κ2) is 6.79. The molecule has 1 N–H and O–H groups in total. The van der Waals surface area contributed by atoms with Gasteiger partial charge in [-0.2, -0.15) is 0 Å². The first kappa shape index (κ1) is 16.7. The number of carbonyl (C=O) groups is 2. The molecule has 1 unspecified atom stereocenters. The van der Waals surface area contributed by atoms with Crippen molar-refractivity contribution in [1.82, 2.24) is 0 Å². The summed E-state index contributed by atoms with van der Waals surface area (Å²) in [6, 6.07) is 10.4. The first-order valence-corrected chi connectivity index (χ1v) is 8.01. The molecule has 0 aliphatic carbocycles. The number of carbonyl (C=O) groups excluding carboxylic acids is 2. The number of amides is 2. The molecule has 1 heterocycles. The maximum Gasteiger partial charge on any atom is 0.229 e. The lowest BCUT2D eigenvalue weighted by Crippen LogP contribution is -2.28. The van der Waals surface area contributed by atoms with Gasteiger partial charge < -0.3 is 10.2 Å². The van der Waals surface area contributed by atoms with Crippen LogP contribution in [0.1, 0.15) is 6.42 Å². The highest BCUT2D eigenvalue weighted by Crippen LogP contribution is 2.33. The third-order valence-electron chi connectivity index (χ3n) is 3.79. The normalized spacial score (nSPS) is 17.2. The van der Waals surface area contributed by atoms with Gasteiger partial charge in [0.05, 0.1) is 16.6 Å². The topological polar surface area (TPSA) is 49.4 Å². The van der Waals surface area contributed by atoms with Gasteiger partial charge >= 0.3 is 0 Å². The van der Waals surface area contributed by atoms with E-state index in [1.54, 1.807) is 24.3 Å². The first-order valence-electron chi connectivity index (χ1n) is 7.26. The van der Waals surface area contributed by atoms with E-state index < -0.39 is 11.7 Å². The first-order chi connectivity index (χ1) is 11.4. The molecule has 0 bridgehead atoms. The number of hydrogen-bond donors (Lipinski definition) is 1. The Morgan fingerprint density at radius 3 is 2.75 bits per heavy atom. The minimum absolute atomic E-state index is 0.0595. The summed E-state index contributed by atoms with van der Waals surface area (Å²) in [7, 11) is 0. The van der Waals surface area contributed by atoms with Crippen LogP contribution < -0.4 is 10.2 Å². The zero-order valence-corrected chi connectivity index (χ0v) is 13.9. The van der Waals surface area contributed by atoms with Crippen LogP contribution in [-0.2, 0) is 9.59 Å². The standard InChI is InChI=1S/C17H13Cl2FN2O2/c18-11-4-5-14(19)15(7-11)22-9-10(6-16(22)23)17(24)21-13-3-1-2-12(20)8-13/h1-5,7-8,10H,6,9H2,(H,21,24). The Kier molecular flexibility index (Phi) is 4.73. The Morgan fingerprint density at radius 2 is 2.00 bits per heavy atom. The highest BCUT2D eigenvalue weighted by Gasteiger charge is 2.36. The van der Waals surface area contributed by atoms with Crippen LogP contribution in [0.3, 0.4) is 0 Å². The zero-order chi connectivity index (χ0) is 17.3. The maximum atomic E-state index is 13.2. The lowest BCUT2D eigenvalue weighted by atomic mass is 10.1. The van der Waals surface area contributed by atoms with Gasteiger partial charge in [-0.25, -0.2) is 4.39 Å². The minimum Gasteiger partial charge on any atom is -0.326 e. The van der Waals surface area contributed by atoms with Crippen molar-refractivity contribution in [2.45, 2.75) is 6.42 Å². The van der Waals surface area contributed by atoms with Crippen LogP contribution in [0.5, 0.6) is 0 Å². The molecule has 124 valence electrons. The average molecular weight is 367 g/mol. The van der Waals surface area contributed by atoms with Crippen molar-refractivity contribution in [3.63, 3.8) is 0 Å². The Labute approximate surface area is 148 Å². The van der Waals surface area contributed by atoms with E-state index in [4.69, 9.17) is 23.2 Å². The number of benzene rings is 2. The van der Waals surface area contributed by atoms with Crippen LogP contribution in [0.25, 0.3) is 0 Å². The van der Waals surface area contributed by atoms with E-state index in [1.807, 2.05) is 0 Å². The number of hydrogen-bond acceptors (Lipinski definition) is 2. The van der Waals surface area contributed by atoms with Gasteiger partial charge in [-0.1, -0.05) is 29.3 Å². The summed E-state index contributed by atoms with van der Waals surface area (Å²) in [6.07, 6.45) is 0.0595. The SMILES string of the molecule is O=C(Nc1cccc(F)c1)C1CC(=O)N(c2cc(Cl)ccc2Cl)C1. The predicted molar refractivity (Wildman–Crippen MR) is 92.0 cm³/mol. The van der Waals surface area contributed by atoms with Crippen LogP contribution in [0.4, 0.5) is 15.8 Å². The van der Waals surface area contributed by atoms with Gasteiger partial charge in [0.2, 0.25) is 11.8 Å². The highest BCUT2D eigenvalue weighted by molar-refractivity contribution is 6.36. The molecule has 24 heavy (non-hydrogen) atoms. The summed E-state index contributed by atoms with van der Waals surface area (Å²) < 4.78 is 13.2. The predicted octanol–water partition coefficient (Wildman–Crippen LogP) is 4.12. The van der Waals surface area contributed by atoms with Crippen molar-refractivity contribution < 1.29 is 14.0 Å². The van der Waals surface area contributed by atoms with E-state index in [0.717, 1.165) is 0 Å². The molecule has 1 atom stereocenters. The molecule has 0 spiro atoms. The van der Waals surface area contributed by atoms with Gasteiger partial charge in [-0.15, -0.1) is 0 Å². The fourth-order valence-electron chi connectivity index (χ4n) is 2.62. The van der Waals surface area contributed by atoms with E-state index in [1.165, 1.54) is 23.1 Å². The molecule has 1 aliphatic heterocycles. The molecule has 0 aromatic heterocycles. The summed E-state index contributed by atoms with van der Waals surface area (Å²) in [5.74, 6) is -1.54. The van der Waals surface area contributed by atoms with Gasteiger partial charge in [0.15, 0.2) is 0 Å². The van der Waals surface area contributed by atoms with Crippen LogP contribution >= 0.6 is 23.2 Å². The molecule has 7 heteroatoms. The lowest BCUT2D eigenvalue weighted by Gasteiger charge is -2.18. The third kappa shape index (κ3) is 3.52. The number of rotatable bonds is 3. The van der Waals surface area contributed by atoms with Crippen molar-refractivity contribution in [3.8, 4) is 0 Å². The Hall–Kier alpha value is -2.11. The fourth-order valence-corrected chi connectivity index (χ4v) is 3.01. The van der Waals surface area contributed by atoms with Gasteiger partial charge in [0, 0.05) is 23.7 Å². The van der Waals surface area contributed by atoms with E-state index in [0.29, 0.717) is 21.4 Å². The minimum atomic E-state index is -0.546. The molecule has 0 radical (unpaired) electrons. The van der Waals surface area contributed by atoms with Crippen molar-refractivity contribution in [1.29, 1.82) is 0 Å². The Bertz CT molecular complexity index is 813. The third-order valence-corrected chi connectivity index (χ3v) is 4.34. The zero-order valence-electron chi connectivity index (χ0n) is 12.4. The molecular formula is C17H13Cl2FN2O2. The van der Waals surface area contributed by atoms with Gasteiger partial charge in [0.25, 0.3) is 0 Å². The molecule has 1 saturated heterocycles. The number of halogens is 3. The summed E-state index contributed by atoms with van der Waals surface area (Å²) in [5.41, 5.74) is 0.835. The maximum absolute atomic E-state index is 13.2. The number of anilines is 2. The van der Waals surface area contributed by atoms with E-state index >= 15 is 0 Å². The van der Waals surface area contributed by atoms with Crippen molar-refractivity contribution in [2.75, 3.05) is 16.8 Å². The van der Waals surface area contributed by atoms with E-state index in [9.17, 15) is 14.0 Å². The van der Waals surface area contributed by atoms with E-state index in [-0.39, 0.29) is 24.8 Å². The summed E-state index contributed by atoms with van der Waals surface area (Å²) >= 11 is 12.1. The van der Waals surface area contributed by atoms with E-state index in [2.05, 4.69) is 5.32 Å². The quantitative estimate of drug-likeness (QED) is 0.887. The van der Waals surface area contributed by atoms with Crippen LogP contribution in [-0.4, -0.2) is 18.4 Å². The van der Waals surface area contributed by atoms with Gasteiger partial charge in [-0.3, -0.25) is 9.59 Å². The molecule has 3 rings (SSSR count). The van der Waals surface area contributed by atoms with Crippen molar-refractivity contribution in [2.24, 2.45) is 5.92 Å². The summed E-state index contributed by atoms with van der Waals surface area (Å²) in [6.45, 7) is 0.194. The second-order valence-electron chi connectivity index (χ2n) is 5.50. The molecule has 2 amide bonds. The lowest BCUT2D eigenvalue weighted by molar-refractivity contribution is -0.122. The fraction of sp³-hybridized carbons (Fsp3) is 0.176. The monoisotopic (exact) mass is 366 g/mol. The number of nitrogens with zero attached hydrogens (tertiary/aromatic N) is 1. The molecule has 2 aromatic rings. The van der Waals surface area contributed by atoms with Crippen LogP contribution in [0.2, 0.25) is 10.0 Å². The molecule has 1 aliphatic rings. The molecule has 2 aromatic carbocycles. The number of nitrogens with one attached hydrogen (secondary N) is 1. The molecule has 4 nitrogen and oxygen atoms in total. The smallest absolute Gasteiger partial charge is 0.229 e. The van der Waals surface area contributed by atoms with Gasteiger partial charge in [0.1, 0.15) is 5.82 Å². The van der Waals surface area contributed by atoms with Gasteiger partial charge in [-0.05, 0) is 36.4 Å². The Morgan fingerprint density at radius 1 is 1.21 bits per heavy atom. The average Bonchev–Trinajstić information content (AvgIpc) is 2.92. The van der Waals surface area contributed by atoms with Crippen molar-refractivity contribution >= 4 is 46.4 Å². The van der Waals surface area contributed by atoms with Crippen LogP contribution in [0, 0.1) is 11.7 Å².